The maximum atomic E-state index is 17.3. The standard InChI is InChI=1S/C42H39Cl2F2N7O/c1-20-32(10-12-48-41(20)46)51-18-25-13-26(19-51)52(42(54)22-8-9-22)39(25)33-16-28-21(2)50-37-29(40(28)53(33)38-24-15-31(38)49-17-24)14-23(5-4-11-47)34(36(37)45)27-6-3-7-30(43)35(27)44/h3,6-7,10,12,14,16,22,24-26,31,38-39,49H,4-5,8-9,13,15,17-19H2,1-2H3. The third-order valence-electron chi connectivity index (χ3n) is 13.0. The summed E-state index contributed by atoms with van der Waals surface area (Å²) in [5.41, 5.74) is 5.71. The van der Waals surface area contributed by atoms with Gasteiger partial charge in [-0.2, -0.15) is 9.65 Å². The van der Waals surface area contributed by atoms with Crippen molar-refractivity contribution >= 4 is 56.6 Å². The molecule has 12 heteroatoms. The summed E-state index contributed by atoms with van der Waals surface area (Å²) in [6.07, 6.45) is 5.76. The lowest BCUT2D eigenvalue weighted by Crippen LogP contribution is -2.45. The SMILES string of the molecule is Cc1c(N2CC3CC(C2)N(C(=O)C2CC2)C3c2cc3c(C)nc4c(F)c(-c5cccc(Cl)c5Cl)c(CCC#N)cc4c3n2C2C3CNC2C3)ccnc1F. The number of anilines is 1. The summed E-state index contributed by atoms with van der Waals surface area (Å²) in [5.74, 6) is -0.249. The number of hydrogen-bond donors (Lipinski definition) is 1. The van der Waals surface area contributed by atoms with Crippen LogP contribution in [0.5, 0.6) is 0 Å². The summed E-state index contributed by atoms with van der Waals surface area (Å²) >= 11 is 13.2. The molecule has 1 N–H and O–H groups in total. The summed E-state index contributed by atoms with van der Waals surface area (Å²) in [5, 5.41) is 15.6. The fraction of sp³-hybridized carbons (Fsp3) is 0.429. The number of aryl methyl sites for hydroxylation is 2. The number of carbonyl (C=O) groups is 1. The fourth-order valence-electron chi connectivity index (χ4n) is 10.3. The molecular formula is C42H39Cl2F2N7O. The smallest absolute Gasteiger partial charge is 0.226 e. The number of halogens is 4. The normalized spacial score (nSPS) is 25.8. The number of rotatable bonds is 7. The van der Waals surface area contributed by atoms with E-state index in [1.54, 1.807) is 25.1 Å². The van der Waals surface area contributed by atoms with Crippen LogP contribution in [-0.2, 0) is 11.2 Å². The highest BCUT2D eigenvalue weighted by Gasteiger charge is 2.55. The first-order valence-corrected chi connectivity index (χ1v) is 19.8. The quantitative estimate of drug-likeness (QED) is 0.167. The second kappa shape index (κ2) is 12.6. The summed E-state index contributed by atoms with van der Waals surface area (Å²) < 4.78 is 34.5. The van der Waals surface area contributed by atoms with Crippen molar-refractivity contribution in [1.82, 2.24) is 24.8 Å². The minimum absolute atomic E-state index is 0.0255. The van der Waals surface area contributed by atoms with Gasteiger partial charge in [0.15, 0.2) is 5.82 Å². The number of pyridine rings is 2. The van der Waals surface area contributed by atoms with Gasteiger partial charge in [0.2, 0.25) is 11.9 Å². The summed E-state index contributed by atoms with van der Waals surface area (Å²) in [4.78, 5) is 27.7. The molecular weight excluding hydrogens is 727 g/mol. The first kappa shape index (κ1) is 34.2. The van der Waals surface area contributed by atoms with Crippen molar-refractivity contribution in [1.29, 1.82) is 5.26 Å². The Morgan fingerprint density at radius 2 is 1.91 bits per heavy atom. The zero-order valence-corrected chi connectivity index (χ0v) is 31.6. The molecule has 11 rings (SSSR count). The molecule has 6 atom stereocenters. The van der Waals surface area contributed by atoms with Gasteiger partial charge in [0, 0.05) is 94.7 Å². The first-order valence-electron chi connectivity index (χ1n) is 19.0. The highest BCUT2D eigenvalue weighted by atomic mass is 35.5. The number of nitrogens with zero attached hydrogens (tertiary/aromatic N) is 6. The number of nitriles is 1. The molecule has 6 unspecified atom stereocenters. The predicted octanol–water partition coefficient (Wildman–Crippen LogP) is 8.63. The highest BCUT2D eigenvalue weighted by Crippen LogP contribution is 2.54. The average molecular weight is 767 g/mol. The van der Waals surface area contributed by atoms with Crippen LogP contribution < -0.4 is 10.2 Å². The lowest BCUT2D eigenvalue weighted by atomic mass is 9.79. The second-order valence-electron chi connectivity index (χ2n) is 16.0. The van der Waals surface area contributed by atoms with E-state index >= 15 is 4.39 Å². The Morgan fingerprint density at radius 3 is 2.65 bits per heavy atom. The van der Waals surface area contributed by atoms with Crippen molar-refractivity contribution in [2.75, 3.05) is 24.5 Å². The average Bonchev–Trinajstić information content (AvgIpc) is 3.44. The lowest BCUT2D eigenvalue weighted by molar-refractivity contribution is -0.135. The van der Waals surface area contributed by atoms with E-state index in [0.29, 0.717) is 63.8 Å². The predicted molar refractivity (Wildman–Crippen MR) is 206 cm³/mol. The Kier molecular flexibility index (Phi) is 8.00. The summed E-state index contributed by atoms with van der Waals surface area (Å²) in [6.45, 7) is 5.90. The van der Waals surface area contributed by atoms with Crippen LogP contribution in [-0.4, -0.2) is 57.1 Å². The molecule has 0 radical (unpaired) electrons. The Morgan fingerprint density at radius 1 is 1.07 bits per heavy atom. The molecule has 2 aliphatic carbocycles. The largest absolute Gasteiger partial charge is 0.369 e. The van der Waals surface area contributed by atoms with E-state index < -0.39 is 11.8 Å². The maximum absolute atomic E-state index is 17.3. The molecule has 1 amide bonds. The Balaban J connectivity index is 1.21. The first-order chi connectivity index (χ1) is 26.1. The van der Waals surface area contributed by atoms with Crippen LogP contribution >= 0.6 is 23.2 Å². The van der Waals surface area contributed by atoms with Crippen LogP contribution in [0, 0.1) is 54.7 Å². The van der Waals surface area contributed by atoms with E-state index in [0.717, 1.165) is 54.5 Å². The van der Waals surface area contributed by atoms with Gasteiger partial charge < -0.3 is 19.7 Å². The van der Waals surface area contributed by atoms with Crippen LogP contribution in [0.1, 0.15) is 66.7 Å². The van der Waals surface area contributed by atoms with Gasteiger partial charge in [0.05, 0.1) is 39.8 Å². The van der Waals surface area contributed by atoms with E-state index in [2.05, 4.69) is 36.8 Å². The minimum Gasteiger partial charge on any atom is -0.369 e. The Hall–Kier alpha value is -4.30. The van der Waals surface area contributed by atoms with Crippen molar-refractivity contribution in [3.8, 4) is 17.2 Å². The number of nitrogens with one attached hydrogen (secondary N) is 1. The van der Waals surface area contributed by atoms with Gasteiger partial charge >= 0.3 is 0 Å². The number of benzene rings is 2. The molecule has 0 spiro atoms. The molecule has 4 bridgehead atoms. The third-order valence-corrected chi connectivity index (χ3v) is 13.8. The van der Waals surface area contributed by atoms with Gasteiger partial charge in [-0.25, -0.2) is 14.4 Å². The van der Waals surface area contributed by atoms with Gasteiger partial charge in [-0.05, 0) is 81.7 Å². The number of piperidine rings is 1. The molecule has 8 nitrogen and oxygen atoms in total. The molecule has 276 valence electrons. The number of amides is 1. The minimum atomic E-state index is -0.489. The van der Waals surface area contributed by atoms with Crippen LogP contribution in [0.4, 0.5) is 14.5 Å². The zero-order chi connectivity index (χ0) is 37.2. The van der Waals surface area contributed by atoms with E-state index in [1.807, 2.05) is 19.1 Å². The van der Waals surface area contributed by atoms with Crippen molar-refractivity contribution in [2.45, 2.75) is 76.5 Å². The zero-order valence-electron chi connectivity index (χ0n) is 30.1. The number of likely N-dealkylation sites (tertiary alicyclic amines) is 1. The topological polar surface area (TPSA) is 90.1 Å². The van der Waals surface area contributed by atoms with Crippen LogP contribution in [0.25, 0.3) is 32.9 Å². The summed E-state index contributed by atoms with van der Waals surface area (Å²) in [7, 11) is 0. The molecule has 4 saturated heterocycles. The summed E-state index contributed by atoms with van der Waals surface area (Å²) in [6, 6.07) is 13.7. The van der Waals surface area contributed by atoms with Crippen molar-refractivity contribution in [3.05, 3.63) is 86.9 Å². The van der Waals surface area contributed by atoms with Crippen LogP contribution in [0.3, 0.4) is 0 Å². The van der Waals surface area contributed by atoms with E-state index in [9.17, 15) is 14.4 Å². The second-order valence-corrected chi connectivity index (χ2v) is 16.8. The van der Waals surface area contributed by atoms with Crippen molar-refractivity contribution in [3.63, 3.8) is 0 Å². The Labute approximate surface area is 322 Å². The van der Waals surface area contributed by atoms with Gasteiger partial charge in [0.1, 0.15) is 5.52 Å². The van der Waals surface area contributed by atoms with Crippen LogP contribution in [0.2, 0.25) is 10.0 Å². The van der Waals surface area contributed by atoms with Gasteiger partial charge in [-0.15, -0.1) is 0 Å². The van der Waals surface area contributed by atoms with Crippen molar-refractivity contribution in [2.24, 2.45) is 17.8 Å². The van der Waals surface area contributed by atoms with E-state index in [4.69, 9.17) is 28.2 Å². The lowest BCUT2D eigenvalue weighted by Gasteiger charge is -2.40. The molecule has 5 aromatic rings. The number of hydrogen-bond acceptors (Lipinski definition) is 6. The van der Waals surface area contributed by atoms with Gasteiger partial charge in [0.25, 0.3) is 0 Å². The monoisotopic (exact) mass is 765 g/mol. The molecule has 7 heterocycles. The van der Waals surface area contributed by atoms with Gasteiger partial charge in [-0.3, -0.25) is 4.79 Å². The van der Waals surface area contributed by atoms with E-state index in [1.165, 1.54) is 6.20 Å². The molecule has 2 saturated carbocycles. The molecule has 3 aromatic heterocycles. The van der Waals surface area contributed by atoms with Crippen molar-refractivity contribution < 1.29 is 13.6 Å². The van der Waals surface area contributed by atoms with Crippen LogP contribution in [0.15, 0.2) is 42.6 Å². The number of fused-ring (bicyclic) bond motifs is 6. The third kappa shape index (κ3) is 5.04. The maximum Gasteiger partial charge on any atom is 0.226 e. The number of aromatic nitrogens is 3. The molecule has 2 aromatic carbocycles. The van der Waals surface area contributed by atoms with Gasteiger partial charge in [-0.1, -0.05) is 35.3 Å². The highest BCUT2D eigenvalue weighted by molar-refractivity contribution is 6.43. The molecule has 54 heavy (non-hydrogen) atoms. The van der Waals surface area contributed by atoms with E-state index in [-0.39, 0.29) is 58.9 Å². The fourth-order valence-corrected chi connectivity index (χ4v) is 10.7. The molecule has 4 aliphatic heterocycles. The molecule has 6 fully saturated rings. The number of carbonyl (C=O) groups excluding carboxylic acids is 1. The molecule has 6 aliphatic rings. The Bertz CT molecular complexity index is 2440.